The van der Waals surface area contributed by atoms with Crippen LogP contribution in [0.5, 0.6) is 0 Å². The van der Waals surface area contributed by atoms with Gasteiger partial charge < -0.3 is 26.0 Å². The fraction of sp³-hybridized carbons (Fsp3) is 0.261. The lowest BCUT2D eigenvalue weighted by Crippen LogP contribution is -2.30. The number of nitrogen functional groups attached to an aromatic ring is 1. The summed E-state index contributed by atoms with van der Waals surface area (Å²) in [6, 6.07) is 15.5. The third-order valence-corrected chi connectivity index (χ3v) is 5.13. The molecule has 32 heavy (non-hydrogen) atoms. The van der Waals surface area contributed by atoms with E-state index in [9.17, 15) is 5.11 Å². The predicted molar refractivity (Wildman–Crippen MR) is 129 cm³/mol. The van der Waals surface area contributed by atoms with Gasteiger partial charge in [-0.25, -0.2) is 4.98 Å². The molecule has 8 nitrogen and oxygen atoms in total. The maximum Gasteiger partial charge on any atom is 0.226 e. The van der Waals surface area contributed by atoms with Crippen LogP contribution in [0.2, 0.25) is 5.02 Å². The second-order valence-electron chi connectivity index (χ2n) is 8.29. The largest absolute Gasteiger partial charge is 0.398 e. The number of halogens is 1. The predicted octanol–water partition coefficient (Wildman–Crippen LogP) is 3.91. The summed E-state index contributed by atoms with van der Waals surface area (Å²) in [6.45, 7) is 4.79. The van der Waals surface area contributed by atoms with Crippen LogP contribution in [0.25, 0.3) is 11.2 Å². The Morgan fingerprint density at radius 1 is 1.09 bits per heavy atom. The molecule has 166 valence electrons. The highest BCUT2D eigenvalue weighted by Gasteiger charge is 2.17. The van der Waals surface area contributed by atoms with Crippen LogP contribution in [0.3, 0.4) is 0 Å². The number of aromatic nitrogens is 4. The van der Waals surface area contributed by atoms with Crippen molar-refractivity contribution in [3.63, 3.8) is 0 Å². The van der Waals surface area contributed by atoms with Crippen molar-refractivity contribution in [3.05, 3.63) is 71.0 Å². The summed E-state index contributed by atoms with van der Waals surface area (Å²) < 4.78 is 1.97. The molecular formula is C23H26ClN7O. The minimum Gasteiger partial charge on any atom is -0.398 e. The summed E-state index contributed by atoms with van der Waals surface area (Å²) in [5.41, 5.74) is 9.15. The first kappa shape index (κ1) is 21.9. The van der Waals surface area contributed by atoms with Crippen molar-refractivity contribution in [1.29, 1.82) is 0 Å². The Hall–Kier alpha value is -3.36. The van der Waals surface area contributed by atoms with Gasteiger partial charge in [-0.1, -0.05) is 41.9 Å². The summed E-state index contributed by atoms with van der Waals surface area (Å²) in [7, 11) is 0. The lowest BCUT2D eigenvalue weighted by atomic mass is 10.1. The van der Waals surface area contributed by atoms with Crippen LogP contribution in [-0.2, 0) is 13.1 Å². The van der Waals surface area contributed by atoms with Gasteiger partial charge in [-0.3, -0.25) is 0 Å². The normalized spacial score (nSPS) is 11.6. The van der Waals surface area contributed by atoms with Gasteiger partial charge in [0.1, 0.15) is 0 Å². The van der Waals surface area contributed by atoms with Crippen molar-refractivity contribution in [1.82, 2.24) is 19.5 Å². The molecule has 0 amide bonds. The van der Waals surface area contributed by atoms with Gasteiger partial charge in [0.15, 0.2) is 17.0 Å². The van der Waals surface area contributed by atoms with E-state index in [0.29, 0.717) is 53.3 Å². The zero-order valence-electron chi connectivity index (χ0n) is 18.0. The highest BCUT2D eigenvalue weighted by Crippen LogP contribution is 2.24. The fourth-order valence-electron chi connectivity index (χ4n) is 3.24. The Bertz CT molecular complexity index is 1220. The third-order valence-electron chi connectivity index (χ3n) is 4.89. The summed E-state index contributed by atoms with van der Waals surface area (Å²) in [6.07, 6.45) is 1.75. The smallest absolute Gasteiger partial charge is 0.226 e. The van der Waals surface area contributed by atoms with Crippen molar-refractivity contribution < 1.29 is 5.11 Å². The number of anilines is 3. The van der Waals surface area contributed by atoms with Crippen molar-refractivity contribution in [2.24, 2.45) is 0 Å². The second kappa shape index (κ2) is 9.02. The molecule has 0 fully saturated rings. The maximum atomic E-state index is 10.1. The van der Waals surface area contributed by atoms with Crippen molar-refractivity contribution in [2.75, 3.05) is 22.9 Å². The molecule has 0 bridgehead atoms. The Morgan fingerprint density at radius 2 is 1.88 bits per heavy atom. The van der Waals surface area contributed by atoms with Crippen LogP contribution in [0.15, 0.2) is 54.9 Å². The van der Waals surface area contributed by atoms with Gasteiger partial charge >= 0.3 is 0 Å². The number of rotatable bonds is 8. The molecule has 5 N–H and O–H groups in total. The molecule has 9 heteroatoms. The molecule has 4 aromatic rings. The monoisotopic (exact) mass is 451 g/mol. The minimum absolute atomic E-state index is 0.298. The van der Waals surface area contributed by atoms with E-state index < -0.39 is 5.60 Å². The molecular weight excluding hydrogens is 426 g/mol. The van der Waals surface area contributed by atoms with Crippen molar-refractivity contribution in [2.45, 2.75) is 32.5 Å². The zero-order valence-corrected chi connectivity index (χ0v) is 18.8. The SMILES string of the molecule is CC(C)(O)CNc1nc(NCc2cc(Cl)ccc2N)c2ncn(Cc3ccccc3)c2n1. The number of aliphatic hydroxyl groups is 1. The first-order valence-corrected chi connectivity index (χ1v) is 10.7. The topological polar surface area (TPSA) is 114 Å². The molecule has 0 saturated carbocycles. The van der Waals surface area contributed by atoms with Crippen LogP contribution in [0.1, 0.15) is 25.0 Å². The van der Waals surface area contributed by atoms with Crippen molar-refractivity contribution in [3.8, 4) is 0 Å². The number of hydrogen-bond donors (Lipinski definition) is 4. The Labute approximate surface area is 191 Å². The Balaban J connectivity index is 1.68. The van der Waals surface area contributed by atoms with Crippen LogP contribution in [-0.4, -0.2) is 36.8 Å². The minimum atomic E-state index is -0.911. The van der Waals surface area contributed by atoms with Crippen LogP contribution >= 0.6 is 11.6 Å². The van der Waals surface area contributed by atoms with E-state index >= 15 is 0 Å². The number of nitrogens with zero attached hydrogens (tertiary/aromatic N) is 4. The van der Waals surface area contributed by atoms with Crippen molar-refractivity contribution >= 4 is 40.2 Å². The molecule has 0 radical (unpaired) electrons. The van der Waals surface area contributed by atoms with E-state index in [4.69, 9.17) is 17.3 Å². The highest BCUT2D eigenvalue weighted by atomic mass is 35.5. The first-order valence-electron chi connectivity index (χ1n) is 10.3. The molecule has 2 heterocycles. The van der Waals surface area contributed by atoms with Gasteiger partial charge in [0.2, 0.25) is 5.95 Å². The van der Waals surface area contributed by atoms with Gasteiger partial charge in [-0.2, -0.15) is 9.97 Å². The highest BCUT2D eigenvalue weighted by molar-refractivity contribution is 6.30. The van der Waals surface area contributed by atoms with Crippen LogP contribution < -0.4 is 16.4 Å². The lowest BCUT2D eigenvalue weighted by molar-refractivity contribution is 0.0943. The maximum absolute atomic E-state index is 10.1. The van der Waals surface area contributed by atoms with E-state index in [0.717, 1.165) is 11.1 Å². The molecule has 0 aliphatic rings. The quantitative estimate of drug-likeness (QED) is 0.300. The molecule has 0 spiro atoms. The molecule has 0 atom stereocenters. The number of nitrogens with one attached hydrogen (secondary N) is 2. The lowest BCUT2D eigenvalue weighted by Gasteiger charge is -2.18. The van der Waals surface area contributed by atoms with E-state index in [1.807, 2.05) is 28.8 Å². The molecule has 0 unspecified atom stereocenters. The van der Waals surface area contributed by atoms with E-state index in [1.54, 1.807) is 32.3 Å². The summed E-state index contributed by atoms with van der Waals surface area (Å²) in [5.74, 6) is 0.968. The fourth-order valence-corrected chi connectivity index (χ4v) is 3.44. The number of fused-ring (bicyclic) bond motifs is 1. The second-order valence-corrected chi connectivity index (χ2v) is 8.73. The first-order chi connectivity index (χ1) is 15.3. The van der Waals surface area contributed by atoms with E-state index in [2.05, 4.69) is 37.7 Å². The molecule has 4 rings (SSSR count). The summed E-state index contributed by atoms with van der Waals surface area (Å²) >= 11 is 6.12. The molecule has 0 saturated heterocycles. The van der Waals surface area contributed by atoms with Crippen LogP contribution in [0.4, 0.5) is 17.5 Å². The third kappa shape index (κ3) is 5.27. The number of nitrogens with two attached hydrogens (primary N) is 1. The van der Waals surface area contributed by atoms with Gasteiger partial charge in [-0.15, -0.1) is 0 Å². The molecule has 0 aliphatic carbocycles. The van der Waals surface area contributed by atoms with E-state index in [-0.39, 0.29) is 0 Å². The summed E-state index contributed by atoms with van der Waals surface area (Å²) in [4.78, 5) is 13.8. The Morgan fingerprint density at radius 3 is 2.62 bits per heavy atom. The summed E-state index contributed by atoms with van der Waals surface area (Å²) in [5, 5.41) is 17.2. The average molecular weight is 452 g/mol. The van der Waals surface area contributed by atoms with Crippen LogP contribution in [0, 0.1) is 0 Å². The van der Waals surface area contributed by atoms with Gasteiger partial charge in [-0.05, 0) is 43.2 Å². The number of imidazole rings is 1. The molecule has 2 aromatic heterocycles. The van der Waals surface area contributed by atoms with Gasteiger partial charge in [0, 0.05) is 23.8 Å². The molecule has 2 aromatic carbocycles. The van der Waals surface area contributed by atoms with Gasteiger partial charge in [0.25, 0.3) is 0 Å². The van der Waals surface area contributed by atoms with E-state index in [1.165, 1.54) is 0 Å². The standard InChI is InChI=1S/C23H26ClN7O/c1-23(2,32)13-27-22-29-20(26-11-16-10-17(24)8-9-18(16)25)19-21(30-22)31(14-28-19)12-15-6-4-3-5-7-15/h3-10,14,32H,11-13,25H2,1-2H3,(H2,26,27,29,30). The number of benzene rings is 2. The van der Waals surface area contributed by atoms with Gasteiger partial charge in [0.05, 0.1) is 18.5 Å². The number of hydrogen-bond acceptors (Lipinski definition) is 7. The average Bonchev–Trinajstić information content (AvgIpc) is 3.16. The Kier molecular flexibility index (Phi) is 6.16. The molecule has 0 aliphatic heterocycles. The zero-order chi connectivity index (χ0) is 22.7.